The van der Waals surface area contributed by atoms with Gasteiger partial charge < -0.3 is 15.5 Å². The van der Waals surface area contributed by atoms with Crippen molar-refractivity contribution in [2.24, 2.45) is 5.73 Å². The van der Waals surface area contributed by atoms with Gasteiger partial charge in [0.05, 0.1) is 11.9 Å². The molecule has 0 aliphatic heterocycles. The summed E-state index contributed by atoms with van der Waals surface area (Å²) < 4.78 is 41.3. The maximum absolute atomic E-state index is 12.2. The van der Waals surface area contributed by atoms with Crippen molar-refractivity contribution in [1.82, 2.24) is 9.97 Å². The number of hydrogen-bond acceptors (Lipinski definition) is 3. The van der Waals surface area contributed by atoms with Crippen molar-refractivity contribution in [2.45, 2.75) is 12.6 Å². The second kappa shape index (κ2) is 7.61. The van der Waals surface area contributed by atoms with E-state index >= 15 is 0 Å². The number of benzene rings is 2. The van der Waals surface area contributed by atoms with Crippen LogP contribution in [0.5, 0.6) is 5.75 Å². The van der Waals surface area contributed by atoms with Gasteiger partial charge >= 0.3 is 6.18 Å². The Morgan fingerprint density at radius 2 is 1.73 bits per heavy atom. The van der Waals surface area contributed by atoms with E-state index in [1.54, 1.807) is 18.3 Å². The number of nitrogens with two attached hydrogens (primary N) is 1. The van der Waals surface area contributed by atoms with Crippen molar-refractivity contribution >= 4 is 0 Å². The summed E-state index contributed by atoms with van der Waals surface area (Å²) in [5.74, 6) is 1.02. The van der Waals surface area contributed by atoms with Gasteiger partial charge in [-0.05, 0) is 35.9 Å². The van der Waals surface area contributed by atoms with Crippen LogP contribution in [0.1, 0.15) is 5.82 Å². The molecule has 3 aromatic rings. The van der Waals surface area contributed by atoms with Crippen LogP contribution in [0.3, 0.4) is 0 Å². The van der Waals surface area contributed by atoms with E-state index in [4.69, 9.17) is 10.5 Å². The Balaban J connectivity index is 1.77. The van der Waals surface area contributed by atoms with Crippen molar-refractivity contribution in [2.75, 3.05) is 13.2 Å². The van der Waals surface area contributed by atoms with E-state index in [0.29, 0.717) is 13.0 Å². The Hall–Kier alpha value is -2.80. The van der Waals surface area contributed by atoms with Crippen molar-refractivity contribution in [3.05, 3.63) is 60.6 Å². The molecule has 0 atom stereocenters. The summed E-state index contributed by atoms with van der Waals surface area (Å²) in [7, 11) is 0. The number of nitrogens with zero attached hydrogens (tertiary/aromatic N) is 1. The predicted molar refractivity (Wildman–Crippen MR) is 93.8 cm³/mol. The molecule has 3 N–H and O–H groups in total. The molecule has 0 amide bonds. The average Bonchev–Trinajstić information content (AvgIpc) is 3.09. The second-order valence-corrected chi connectivity index (χ2v) is 5.79. The monoisotopic (exact) mass is 361 g/mol. The Morgan fingerprint density at radius 1 is 1.00 bits per heavy atom. The molecule has 136 valence electrons. The maximum atomic E-state index is 12.2. The van der Waals surface area contributed by atoms with Gasteiger partial charge in [0.15, 0.2) is 6.61 Å². The van der Waals surface area contributed by atoms with Crippen molar-refractivity contribution in [3.8, 4) is 28.1 Å². The van der Waals surface area contributed by atoms with Gasteiger partial charge in [-0.2, -0.15) is 13.2 Å². The SMILES string of the molecule is NCCc1ncc(-c2cccc(-c3ccc(OCC(F)(F)F)cc3)c2)[nH]1. The predicted octanol–water partition coefficient (Wildman–Crippen LogP) is 4.19. The third-order valence-electron chi connectivity index (χ3n) is 3.77. The number of nitrogens with one attached hydrogen (secondary N) is 1. The molecule has 2 aromatic carbocycles. The van der Waals surface area contributed by atoms with E-state index in [1.165, 1.54) is 12.1 Å². The molecule has 1 aromatic heterocycles. The number of alkyl halides is 3. The highest BCUT2D eigenvalue weighted by Crippen LogP contribution is 2.27. The molecular weight excluding hydrogens is 343 g/mol. The van der Waals surface area contributed by atoms with Crippen LogP contribution in [-0.2, 0) is 6.42 Å². The fraction of sp³-hybridized carbons (Fsp3) is 0.211. The van der Waals surface area contributed by atoms with Crippen LogP contribution in [-0.4, -0.2) is 29.3 Å². The molecule has 0 saturated heterocycles. The summed E-state index contributed by atoms with van der Waals surface area (Å²) >= 11 is 0. The van der Waals surface area contributed by atoms with E-state index < -0.39 is 12.8 Å². The van der Waals surface area contributed by atoms with Gasteiger partial charge in [0, 0.05) is 12.0 Å². The third kappa shape index (κ3) is 4.64. The highest BCUT2D eigenvalue weighted by Gasteiger charge is 2.28. The summed E-state index contributed by atoms with van der Waals surface area (Å²) in [4.78, 5) is 7.52. The maximum Gasteiger partial charge on any atom is 0.422 e. The molecular formula is C19H18F3N3O. The van der Waals surface area contributed by atoms with Crippen LogP contribution in [0.15, 0.2) is 54.7 Å². The summed E-state index contributed by atoms with van der Waals surface area (Å²) in [6.45, 7) is -0.775. The first-order chi connectivity index (χ1) is 12.4. The Kier molecular flexibility index (Phi) is 5.27. The van der Waals surface area contributed by atoms with Gasteiger partial charge in [0.1, 0.15) is 11.6 Å². The number of aromatic amines is 1. The fourth-order valence-corrected chi connectivity index (χ4v) is 2.55. The summed E-state index contributed by atoms with van der Waals surface area (Å²) in [6.07, 6.45) is -1.91. The van der Waals surface area contributed by atoms with Crippen molar-refractivity contribution < 1.29 is 17.9 Å². The van der Waals surface area contributed by atoms with Gasteiger partial charge in [-0.15, -0.1) is 0 Å². The lowest BCUT2D eigenvalue weighted by Crippen LogP contribution is -2.19. The average molecular weight is 361 g/mol. The van der Waals surface area contributed by atoms with Gasteiger partial charge in [-0.3, -0.25) is 0 Å². The summed E-state index contributed by atoms with van der Waals surface area (Å²) in [5.41, 5.74) is 9.22. The van der Waals surface area contributed by atoms with E-state index in [-0.39, 0.29) is 5.75 Å². The van der Waals surface area contributed by atoms with Crippen LogP contribution in [0.25, 0.3) is 22.4 Å². The van der Waals surface area contributed by atoms with E-state index in [1.807, 2.05) is 24.3 Å². The largest absolute Gasteiger partial charge is 0.484 e. The van der Waals surface area contributed by atoms with Crippen molar-refractivity contribution in [3.63, 3.8) is 0 Å². The van der Waals surface area contributed by atoms with Gasteiger partial charge in [0.2, 0.25) is 0 Å². The highest BCUT2D eigenvalue weighted by molar-refractivity contribution is 5.71. The van der Waals surface area contributed by atoms with E-state index in [2.05, 4.69) is 9.97 Å². The number of hydrogen-bond donors (Lipinski definition) is 2. The highest BCUT2D eigenvalue weighted by atomic mass is 19.4. The minimum atomic E-state index is -4.35. The molecule has 0 aliphatic rings. The molecule has 0 unspecified atom stereocenters. The second-order valence-electron chi connectivity index (χ2n) is 5.79. The van der Waals surface area contributed by atoms with Crippen LogP contribution in [0.2, 0.25) is 0 Å². The van der Waals surface area contributed by atoms with Crippen LogP contribution in [0.4, 0.5) is 13.2 Å². The lowest BCUT2D eigenvalue weighted by molar-refractivity contribution is -0.153. The Labute approximate surface area is 148 Å². The lowest BCUT2D eigenvalue weighted by atomic mass is 10.0. The quantitative estimate of drug-likeness (QED) is 0.692. The number of aromatic nitrogens is 2. The molecule has 3 rings (SSSR count). The minimum absolute atomic E-state index is 0.183. The first-order valence-electron chi connectivity index (χ1n) is 8.09. The first-order valence-corrected chi connectivity index (χ1v) is 8.09. The minimum Gasteiger partial charge on any atom is -0.484 e. The van der Waals surface area contributed by atoms with Crippen LogP contribution in [0, 0.1) is 0 Å². The van der Waals surface area contributed by atoms with E-state index in [9.17, 15) is 13.2 Å². The molecule has 0 aliphatic carbocycles. The lowest BCUT2D eigenvalue weighted by Gasteiger charge is -2.10. The van der Waals surface area contributed by atoms with Gasteiger partial charge in [0.25, 0.3) is 0 Å². The zero-order valence-corrected chi connectivity index (χ0v) is 13.9. The normalized spacial score (nSPS) is 11.5. The number of H-pyrrole nitrogens is 1. The first kappa shape index (κ1) is 18.0. The standard InChI is InChI=1S/C19H18F3N3O/c20-19(21,22)12-26-16-6-4-13(5-7-16)14-2-1-3-15(10-14)17-11-24-18(25-17)8-9-23/h1-7,10-11H,8-9,12,23H2,(H,24,25). The molecule has 26 heavy (non-hydrogen) atoms. The smallest absolute Gasteiger partial charge is 0.422 e. The number of imidazole rings is 1. The molecule has 1 heterocycles. The van der Waals surface area contributed by atoms with E-state index in [0.717, 1.165) is 28.2 Å². The van der Waals surface area contributed by atoms with Crippen LogP contribution < -0.4 is 10.5 Å². The number of ether oxygens (including phenoxy) is 1. The molecule has 4 nitrogen and oxygen atoms in total. The fourth-order valence-electron chi connectivity index (χ4n) is 2.55. The zero-order chi connectivity index (χ0) is 18.6. The number of halogens is 3. The van der Waals surface area contributed by atoms with Crippen LogP contribution >= 0.6 is 0 Å². The summed E-state index contributed by atoms with van der Waals surface area (Å²) in [5, 5.41) is 0. The van der Waals surface area contributed by atoms with Gasteiger partial charge in [-0.1, -0.05) is 30.3 Å². The third-order valence-corrected chi connectivity index (χ3v) is 3.77. The number of rotatable bonds is 6. The zero-order valence-electron chi connectivity index (χ0n) is 13.9. The molecule has 7 heteroatoms. The van der Waals surface area contributed by atoms with Gasteiger partial charge in [-0.25, -0.2) is 4.98 Å². The molecule has 0 bridgehead atoms. The Bertz CT molecular complexity index is 857. The molecule has 0 saturated carbocycles. The van der Waals surface area contributed by atoms with Crippen molar-refractivity contribution in [1.29, 1.82) is 0 Å². The summed E-state index contributed by atoms with van der Waals surface area (Å²) in [6, 6.07) is 14.3. The molecule has 0 radical (unpaired) electrons. The topological polar surface area (TPSA) is 63.9 Å². The molecule has 0 fully saturated rings. The molecule has 0 spiro atoms. The Morgan fingerprint density at radius 3 is 2.42 bits per heavy atom.